The second kappa shape index (κ2) is 15.9. The summed E-state index contributed by atoms with van der Waals surface area (Å²) >= 11 is 0. The van der Waals surface area contributed by atoms with Gasteiger partial charge in [0.1, 0.15) is 18.0 Å². The van der Waals surface area contributed by atoms with Crippen molar-refractivity contribution in [2.24, 2.45) is 0 Å². The number of aromatic carboxylic acids is 1. The highest BCUT2D eigenvalue weighted by Crippen LogP contribution is 2.46. The molecule has 0 aromatic heterocycles. The van der Waals surface area contributed by atoms with Gasteiger partial charge in [-0.3, -0.25) is 9.59 Å². The van der Waals surface area contributed by atoms with Crippen molar-refractivity contribution in [3.8, 4) is 11.5 Å². The molecule has 0 atom stereocenters. The fourth-order valence-electron chi connectivity index (χ4n) is 8.15. The zero-order valence-electron chi connectivity index (χ0n) is 33.4. The van der Waals surface area contributed by atoms with Crippen LogP contribution in [0.1, 0.15) is 108 Å². The van der Waals surface area contributed by atoms with Crippen LogP contribution in [0.25, 0.3) is 16.7 Å². The highest BCUT2D eigenvalue weighted by Gasteiger charge is 2.36. The van der Waals surface area contributed by atoms with Crippen molar-refractivity contribution in [2.75, 3.05) is 18.0 Å². The molecule has 57 heavy (non-hydrogen) atoms. The molecule has 302 valence electrons. The standard InChI is InChI=1S/C36H38N2O3.C6H7NO4.ClHO4/c1-9-37-29-17-31-27(15-25(29)21(3)19-35(37,5)6)33(23-13-11-12-14-24(23)34(39)40)28-16-26-22(4)20-36(7,8)38(10-2)30(26)18-32(28)41-31;1-4(8)11-7-5(9)2-3-6(7)10;2-1(3,4)5/h11-20H,9-10H2,1-8H3;2-3H2,1H3;(H,2,3,4,5). The van der Waals surface area contributed by atoms with E-state index in [0.29, 0.717) is 10.6 Å². The van der Waals surface area contributed by atoms with Crippen LogP contribution < -0.4 is 43.4 Å². The van der Waals surface area contributed by atoms with Gasteiger partial charge in [0, 0.05) is 79.4 Å². The van der Waals surface area contributed by atoms with Crippen LogP contribution >= 0.6 is 0 Å². The van der Waals surface area contributed by atoms with Gasteiger partial charge in [0.25, 0.3) is 11.8 Å². The summed E-state index contributed by atoms with van der Waals surface area (Å²) in [7, 11) is -4.94. The first-order chi connectivity index (χ1) is 26.5. The van der Waals surface area contributed by atoms with Crippen LogP contribution in [0.3, 0.4) is 0 Å². The number of carbonyl (C=O) groups excluding carboxylic acids is 3. The van der Waals surface area contributed by atoms with Crippen LogP contribution in [0, 0.1) is 10.2 Å². The van der Waals surface area contributed by atoms with Gasteiger partial charge in [-0.2, -0.15) is 0 Å². The lowest BCUT2D eigenvalue weighted by molar-refractivity contribution is -2.00. The monoisotopic (exact) mass is 803 g/mol. The fraction of sp³-hybridized carbons (Fsp3) is 0.357. The average molecular weight is 804 g/mol. The number of hydrogen-bond acceptors (Lipinski definition) is 11. The van der Waals surface area contributed by atoms with Gasteiger partial charge in [0.2, 0.25) is 5.36 Å². The number of rotatable bonds is 5. The second-order valence-corrected chi connectivity index (χ2v) is 15.8. The second-order valence-electron chi connectivity index (χ2n) is 15.1. The Labute approximate surface area is 332 Å². The minimum Gasteiger partial charge on any atom is -0.478 e. The first kappa shape index (κ1) is 42.8. The fourth-order valence-corrected chi connectivity index (χ4v) is 8.15. The minimum atomic E-state index is -4.94. The number of carboxylic acids is 1. The van der Waals surface area contributed by atoms with Crippen molar-refractivity contribution >= 4 is 46.2 Å². The first-order valence-electron chi connectivity index (χ1n) is 18.3. The molecule has 0 radical (unpaired) electrons. The third-order valence-corrected chi connectivity index (χ3v) is 10.2. The maximum atomic E-state index is 12.5. The van der Waals surface area contributed by atoms with Crippen LogP contribution in [0.4, 0.5) is 5.69 Å². The summed E-state index contributed by atoms with van der Waals surface area (Å²) in [6, 6.07) is 16.0. The van der Waals surface area contributed by atoms with Crippen LogP contribution in [0.5, 0.6) is 11.5 Å². The molecule has 14 nitrogen and oxygen atoms in total. The molecule has 7 rings (SSSR count). The van der Waals surface area contributed by atoms with Gasteiger partial charge in [-0.1, -0.05) is 24.3 Å². The van der Waals surface area contributed by atoms with Crippen LogP contribution in [-0.2, 0) is 19.2 Å². The summed E-state index contributed by atoms with van der Waals surface area (Å²) in [4.78, 5) is 51.0. The van der Waals surface area contributed by atoms with Crippen LogP contribution in [-0.4, -0.2) is 58.1 Å². The number of amides is 2. The molecule has 0 spiro atoms. The predicted molar refractivity (Wildman–Crippen MR) is 200 cm³/mol. The smallest absolute Gasteiger partial charge is 0.336 e. The molecule has 3 aromatic rings. The van der Waals surface area contributed by atoms with Gasteiger partial charge < -0.3 is 19.6 Å². The van der Waals surface area contributed by atoms with Gasteiger partial charge in [-0.25, -0.2) is 32.8 Å². The van der Waals surface area contributed by atoms with Crippen molar-refractivity contribution in [1.82, 2.24) is 9.64 Å². The van der Waals surface area contributed by atoms with Crippen molar-refractivity contribution < 1.29 is 62.7 Å². The van der Waals surface area contributed by atoms with E-state index in [0.717, 1.165) is 70.0 Å². The number of carbonyl (C=O) groups is 4. The summed E-state index contributed by atoms with van der Waals surface area (Å²) in [5, 5.41) is 12.8. The molecule has 0 unspecified atom stereocenters. The highest BCUT2D eigenvalue weighted by molar-refractivity contribution is 6.02. The van der Waals surface area contributed by atoms with Gasteiger partial charge in [0.05, 0.1) is 17.2 Å². The Morgan fingerprint density at radius 1 is 0.860 bits per heavy atom. The predicted octanol–water partition coefficient (Wildman–Crippen LogP) is 1.32. The molecule has 4 heterocycles. The number of halogens is 1. The summed E-state index contributed by atoms with van der Waals surface area (Å²) in [5.41, 5.74) is 8.37. The zero-order valence-corrected chi connectivity index (χ0v) is 34.1. The molecule has 1 fully saturated rings. The van der Waals surface area contributed by atoms with Gasteiger partial charge >= 0.3 is 11.9 Å². The highest BCUT2D eigenvalue weighted by atomic mass is 35.7. The lowest BCUT2D eigenvalue weighted by atomic mass is 9.83. The Morgan fingerprint density at radius 2 is 1.46 bits per heavy atom. The van der Waals surface area contributed by atoms with Crippen molar-refractivity contribution in [1.29, 1.82) is 0 Å². The molecule has 0 saturated carbocycles. The quantitative estimate of drug-likeness (QED) is 0.224. The van der Waals surface area contributed by atoms with Crippen molar-refractivity contribution in [2.45, 2.75) is 86.2 Å². The molecular formula is C42H46ClN3O11. The topological polar surface area (TPSA) is 209 Å². The average Bonchev–Trinajstić information content (AvgIpc) is 3.40. The molecule has 2 amide bonds. The Kier molecular flexibility index (Phi) is 11.9. The van der Waals surface area contributed by atoms with Crippen LogP contribution in [0.15, 0.2) is 60.7 Å². The Bertz CT molecular complexity index is 2350. The summed E-state index contributed by atoms with van der Waals surface area (Å²) in [6.07, 6.45) is 4.90. The lowest BCUT2D eigenvalue weighted by Gasteiger charge is -2.43. The number of allylic oxidation sites excluding steroid dienone is 2. The van der Waals surface area contributed by atoms with Crippen molar-refractivity contribution in [3.63, 3.8) is 0 Å². The minimum absolute atomic E-state index is 0.131. The summed E-state index contributed by atoms with van der Waals surface area (Å²) < 4.78 is 43.2. The number of nitrogens with zero attached hydrogens (tertiary/aromatic N) is 3. The van der Waals surface area contributed by atoms with E-state index >= 15 is 0 Å². The van der Waals surface area contributed by atoms with Gasteiger partial charge in [-0.05, 0) is 82.5 Å². The number of hydrogen-bond donors (Lipinski definition) is 1. The number of carboxylic acid groups (broad SMARTS) is 1. The molecule has 0 bridgehead atoms. The SMILES string of the molecule is CC(=O)ON1C(=O)CCC1=O.CCN1c2cc3c(cc2C(C)=CC1(C)C)C(c1ccccc1C(=O)O)=c1cc2c(cc1O3)=[N+](CC)C(C)(C)C=C2C.[O-][Cl+3]([O-])([O-])[O-]. The molecular weight excluding hydrogens is 758 g/mol. The van der Waals surface area contributed by atoms with E-state index < -0.39 is 34.0 Å². The number of hydroxylamine groups is 2. The molecule has 1 saturated heterocycles. The molecule has 4 aliphatic rings. The van der Waals surface area contributed by atoms with Gasteiger partial charge in [0.15, 0.2) is 5.54 Å². The number of imide groups is 1. The first-order valence-corrected chi connectivity index (χ1v) is 19.6. The Morgan fingerprint density at radius 3 is 2.02 bits per heavy atom. The van der Waals surface area contributed by atoms with E-state index in [1.165, 1.54) is 11.1 Å². The third kappa shape index (κ3) is 8.80. The molecule has 1 N–H and O–H groups in total. The van der Waals surface area contributed by atoms with Crippen LogP contribution in [0.2, 0.25) is 0 Å². The molecule has 3 aromatic carbocycles. The number of benzene rings is 3. The summed E-state index contributed by atoms with van der Waals surface area (Å²) in [5.74, 6) is -1.01. The van der Waals surface area contributed by atoms with E-state index in [2.05, 4.69) is 106 Å². The summed E-state index contributed by atoms with van der Waals surface area (Å²) in [6.45, 7) is 20.5. The number of fused-ring (bicyclic) bond motifs is 4. The number of likely N-dealkylation sites (N-methyl/N-ethyl adjacent to an activating group) is 2. The molecule has 4 aliphatic heterocycles. The van der Waals surface area contributed by atoms with E-state index in [9.17, 15) is 24.3 Å². The largest absolute Gasteiger partial charge is 0.478 e. The molecule has 15 heteroatoms. The maximum Gasteiger partial charge on any atom is 0.336 e. The normalized spacial score (nSPS) is 17.3. The zero-order chi connectivity index (χ0) is 42.4. The number of ether oxygens (including phenoxy) is 1. The Balaban J connectivity index is 0.000000324. The molecule has 0 aliphatic carbocycles. The van der Waals surface area contributed by atoms with E-state index in [-0.39, 0.29) is 29.5 Å². The van der Waals surface area contributed by atoms with E-state index in [1.54, 1.807) is 12.1 Å². The third-order valence-electron chi connectivity index (χ3n) is 10.2. The maximum absolute atomic E-state index is 12.5. The number of anilines is 1. The van der Waals surface area contributed by atoms with E-state index in [4.69, 9.17) is 23.4 Å². The van der Waals surface area contributed by atoms with Crippen molar-refractivity contribution in [3.05, 3.63) is 99.1 Å². The Hall–Kier alpha value is -5.38. The lowest BCUT2D eigenvalue weighted by Crippen LogP contribution is -2.68. The van der Waals surface area contributed by atoms with E-state index in [1.807, 2.05) is 12.1 Å². The van der Waals surface area contributed by atoms with Gasteiger partial charge in [-0.15, -0.1) is 15.3 Å².